The molecule has 0 aromatic heterocycles. The summed E-state index contributed by atoms with van der Waals surface area (Å²) >= 11 is 0. The molecule has 1 heterocycles. The third kappa shape index (κ3) is 5.65. The number of carbonyl (C=O) groups is 3. The van der Waals surface area contributed by atoms with Gasteiger partial charge in [-0.15, -0.1) is 0 Å². The molecule has 180 valence electrons. The number of anilines is 1. The van der Waals surface area contributed by atoms with E-state index in [0.29, 0.717) is 30.3 Å². The predicted octanol–water partition coefficient (Wildman–Crippen LogP) is 2.13. The van der Waals surface area contributed by atoms with Crippen LogP contribution in [-0.2, 0) is 19.6 Å². The van der Waals surface area contributed by atoms with Gasteiger partial charge in [-0.25, -0.2) is 18.4 Å². The molecule has 4 rings (SSSR count). The Hall–Kier alpha value is -4.22. The molecule has 10 nitrogen and oxygen atoms in total. The first kappa shape index (κ1) is 23.9. The van der Waals surface area contributed by atoms with Crippen LogP contribution in [0.3, 0.4) is 0 Å². The number of nitrogens with one attached hydrogen (secondary N) is 1. The van der Waals surface area contributed by atoms with Crippen molar-refractivity contribution in [2.45, 2.75) is 4.90 Å². The molecule has 1 aliphatic heterocycles. The van der Waals surface area contributed by atoms with E-state index in [0.717, 1.165) is 0 Å². The van der Waals surface area contributed by atoms with E-state index < -0.39 is 34.3 Å². The molecule has 0 radical (unpaired) electrons. The average Bonchev–Trinajstić information content (AvgIpc) is 2.86. The number of primary sulfonamides is 1. The van der Waals surface area contributed by atoms with Gasteiger partial charge in [0.2, 0.25) is 10.0 Å². The Morgan fingerprint density at radius 1 is 0.886 bits per heavy atom. The van der Waals surface area contributed by atoms with Crippen LogP contribution in [0.15, 0.2) is 71.6 Å². The van der Waals surface area contributed by atoms with Crippen LogP contribution in [0.4, 0.5) is 5.69 Å². The summed E-state index contributed by atoms with van der Waals surface area (Å²) in [6.45, 7) is 0.118. The zero-order valence-electron chi connectivity index (χ0n) is 18.2. The lowest BCUT2D eigenvalue weighted by Crippen LogP contribution is -2.22. The summed E-state index contributed by atoms with van der Waals surface area (Å²) in [4.78, 5) is 37.8. The maximum atomic E-state index is 13.1. The van der Waals surface area contributed by atoms with Crippen LogP contribution >= 0.6 is 0 Å². The molecule has 35 heavy (non-hydrogen) atoms. The molecule has 3 aromatic rings. The SMILES string of the molecule is NS(=O)(=O)c1cccc(NC(=O)COC(=O)c2ccccc2C(=O)c2ccc3c(c2)OCCO3)c1. The van der Waals surface area contributed by atoms with Crippen LogP contribution in [0.5, 0.6) is 11.5 Å². The topological polar surface area (TPSA) is 151 Å². The second-order valence-electron chi connectivity index (χ2n) is 7.43. The van der Waals surface area contributed by atoms with E-state index in [1.165, 1.54) is 36.4 Å². The number of sulfonamides is 1. The van der Waals surface area contributed by atoms with Gasteiger partial charge in [0.25, 0.3) is 5.91 Å². The van der Waals surface area contributed by atoms with E-state index in [4.69, 9.17) is 19.3 Å². The Morgan fingerprint density at radius 3 is 2.34 bits per heavy atom. The summed E-state index contributed by atoms with van der Waals surface area (Å²) in [7, 11) is -3.95. The summed E-state index contributed by atoms with van der Waals surface area (Å²) in [6.07, 6.45) is 0. The molecule has 0 fully saturated rings. The van der Waals surface area contributed by atoms with Crippen molar-refractivity contribution in [1.29, 1.82) is 0 Å². The van der Waals surface area contributed by atoms with Gasteiger partial charge in [0.05, 0.1) is 10.5 Å². The molecule has 1 amide bonds. The second kappa shape index (κ2) is 9.95. The Morgan fingerprint density at radius 2 is 1.60 bits per heavy atom. The zero-order chi connectivity index (χ0) is 25.0. The number of hydrogen-bond acceptors (Lipinski definition) is 8. The normalized spacial score (nSPS) is 12.5. The van der Waals surface area contributed by atoms with E-state index in [2.05, 4.69) is 5.32 Å². The number of fused-ring (bicyclic) bond motifs is 1. The monoisotopic (exact) mass is 496 g/mol. The standard InChI is InChI=1S/C24H20N2O8S/c25-35(30,31)17-5-3-4-16(13-17)26-22(27)14-34-24(29)19-7-2-1-6-18(19)23(28)15-8-9-20-21(12-15)33-11-10-32-20/h1-9,12-13H,10-11,14H2,(H,26,27)(H2,25,30,31). The number of nitrogens with two attached hydrogens (primary N) is 1. The number of ketones is 1. The van der Waals surface area contributed by atoms with E-state index in [1.807, 2.05) is 0 Å². The second-order valence-corrected chi connectivity index (χ2v) is 8.99. The van der Waals surface area contributed by atoms with Crippen molar-refractivity contribution in [1.82, 2.24) is 0 Å². The maximum absolute atomic E-state index is 13.1. The number of rotatable bonds is 7. The summed E-state index contributed by atoms with van der Waals surface area (Å²) in [6, 6.07) is 16.1. The maximum Gasteiger partial charge on any atom is 0.339 e. The van der Waals surface area contributed by atoms with Gasteiger partial charge in [0, 0.05) is 16.8 Å². The number of carbonyl (C=O) groups excluding carboxylic acids is 3. The first-order chi connectivity index (χ1) is 16.7. The highest BCUT2D eigenvalue weighted by Gasteiger charge is 2.22. The van der Waals surface area contributed by atoms with E-state index in [1.54, 1.807) is 30.3 Å². The van der Waals surface area contributed by atoms with E-state index in [9.17, 15) is 22.8 Å². The summed E-state index contributed by atoms with van der Waals surface area (Å²) in [5.74, 6) is -1.05. The van der Waals surface area contributed by atoms with Crippen LogP contribution < -0.4 is 19.9 Å². The first-order valence-corrected chi connectivity index (χ1v) is 11.9. The molecule has 0 atom stereocenters. The lowest BCUT2D eigenvalue weighted by atomic mass is 9.98. The summed E-state index contributed by atoms with van der Waals surface area (Å²) in [5.41, 5.74) is 0.528. The molecular formula is C24H20N2O8S. The third-order valence-electron chi connectivity index (χ3n) is 4.98. The van der Waals surface area contributed by atoms with Gasteiger partial charge >= 0.3 is 5.97 Å². The van der Waals surface area contributed by atoms with Gasteiger partial charge in [-0.1, -0.05) is 24.3 Å². The minimum Gasteiger partial charge on any atom is -0.486 e. The minimum atomic E-state index is -3.95. The highest BCUT2D eigenvalue weighted by atomic mass is 32.2. The third-order valence-corrected chi connectivity index (χ3v) is 5.89. The summed E-state index contributed by atoms with van der Waals surface area (Å²) in [5, 5.41) is 7.51. The van der Waals surface area contributed by atoms with Crippen molar-refractivity contribution in [2.24, 2.45) is 5.14 Å². The Balaban J connectivity index is 1.45. The largest absolute Gasteiger partial charge is 0.486 e. The molecule has 0 saturated heterocycles. The number of hydrogen-bond donors (Lipinski definition) is 2. The van der Waals surface area contributed by atoms with E-state index >= 15 is 0 Å². The number of amides is 1. The predicted molar refractivity (Wildman–Crippen MR) is 124 cm³/mol. The fourth-order valence-electron chi connectivity index (χ4n) is 3.36. The van der Waals surface area contributed by atoms with Gasteiger partial charge in [-0.05, 0) is 42.5 Å². The molecule has 0 saturated carbocycles. The smallest absolute Gasteiger partial charge is 0.339 e. The Bertz CT molecular complexity index is 1420. The van der Waals surface area contributed by atoms with Gasteiger partial charge < -0.3 is 19.5 Å². The number of esters is 1. The molecule has 0 spiro atoms. The number of ether oxygens (including phenoxy) is 3. The van der Waals surface area contributed by atoms with Crippen LogP contribution in [0, 0.1) is 0 Å². The van der Waals surface area contributed by atoms with Crippen LogP contribution in [0.25, 0.3) is 0 Å². The molecule has 0 bridgehead atoms. The van der Waals surface area contributed by atoms with Gasteiger partial charge in [-0.2, -0.15) is 0 Å². The Kier molecular flexibility index (Phi) is 6.80. The van der Waals surface area contributed by atoms with Crippen molar-refractivity contribution in [2.75, 3.05) is 25.1 Å². The number of benzene rings is 3. The van der Waals surface area contributed by atoms with Gasteiger partial charge in [0.15, 0.2) is 23.9 Å². The molecule has 3 aromatic carbocycles. The molecule has 11 heteroatoms. The molecule has 0 unspecified atom stereocenters. The van der Waals surface area contributed by atoms with Crippen molar-refractivity contribution < 1.29 is 37.0 Å². The van der Waals surface area contributed by atoms with Crippen LogP contribution in [-0.4, -0.2) is 45.9 Å². The fraction of sp³-hybridized carbons (Fsp3) is 0.125. The highest BCUT2D eigenvalue weighted by Crippen LogP contribution is 2.31. The Labute approximate surface area is 200 Å². The zero-order valence-corrected chi connectivity index (χ0v) is 19.0. The lowest BCUT2D eigenvalue weighted by Gasteiger charge is -2.18. The fourth-order valence-corrected chi connectivity index (χ4v) is 3.92. The molecular weight excluding hydrogens is 476 g/mol. The first-order valence-electron chi connectivity index (χ1n) is 10.4. The van der Waals surface area contributed by atoms with Crippen LogP contribution in [0.1, 0.15) is 26.3 Å². The molecule has 0 aliphatic carbocycles. The quantitative estimate of drug-likeness (QED) is 0.373. The van der Waals surface area contributed by atoms with Crippen molar-refractivity contribution in [3.8, 4) is 11.5 Å². The van der Waals surface area contributed by atoms with Gasteiger partial charge in [-0.3, -0.25) is 9.59 Å². The molecule has 3 N–H and O–H groups in total. The average molecular weight is 496 g/mol. The summed E-state index contributed by atoms with van der Waals surface area (Å²) < 4.78 is 39.0. The van der Waals surface area contributed by atoms with Crippen molar-refractivity contribution in [3.05, 3.63) is 83.4 Å². The minimum absolute atomic E-state index is 0.0172. The van der Waals surface area contributed by atoms with Crippen molar-refractivity contribution in [3.63, 3.8) is 0 Å². The highest BCUT2D eigenvalue weighted by molar-refractivity contribution is 7.89. The van der Waals surface area contributed by atoms with Crippen LogP contribution in [0.2, 0.25) is 0 Å². The van der Waals surface area contributed by atoms with Gasteiger partial charge in [0.1, 0.15) is 13.2 Å². The van der Waals surface area contributed by atoms with E-state index in [-0.39, 0.29) is 21.7 Å². The molecule has 1 aliphatic rings. The lowest BCUT2D eigenvalue weighted by molar-refractivity contribution is -0.119. The van der Waals surface area contributed by atoms with Crippen molar-refractivity contribution >= 4 is 33.4 Å².